The fourth-order valence-electron chi connectivity index (χ4n) is 3.50. The fraction of sp³-hybridized carbons (Fsp3) is 0.556. The number of nitrogens with zero attached hydrogens (tertiary/aromatic N) is 5. The Kier molecular flexibility index (Phi) is 4.95. The molecule has 1 saturated heterocycles. The van der Waals surface area contributed by atoms with Crippen LogP contribution in [0.5, 0.6) is 0 Å². The molecule has 9 heteroatoms. The van der Waals surface area contributed by atoms with E-state index < -0.39 is 11.6 Å². The van der Waals surface area contributed by atoms with Gasteiger partial charge in [-0.2, -0.15) is 10.1 Å². The number of aromatic amines is 1. The van der Waals surface area contributed by atoms with Gasteiger partial charge in [0, 0.05) is 42.1 Å². The molecule has 0 bridgehead atoms. The molecule has 0 aromatic carbocycles. The highest BCUT2D eigenvalue weighted by Gasteiger charge is 2.38. The first-order chi connectivity index (χ1) is 12.6. The first kappa shape index (κ1) is 18.9. The number of carboxylic acid groups (broad SMARTS) is 1. The summed E-state index contributed by atoms with van der Waals surface area (Å²) in [6.45, 7) is 10.9. The van der Waals surface area contributed by atoms with Crippen molar-refractivity contribution in [3.05, 3.63) is 23.5 Å². The molecule has 0 spiro atoms. The lowest BCUT2D eigenvalue weighted by Crippen LogP contribution is -2.52. The molecule has 0 unspecified atom stereocenters. The third-order valence-electron chi connectivity index (χ3n) is 4.54. The predicted molar refractivity (Wildman–Crippen MR) is 104 cm³/mol. The van der Waals surface area contributed by atoms with Gasteiger partial charge in [0.25, 0.3) is 0 Å². The van der Waals surface area contributed by atoms with E-state index in [1.807, 2.05) is 51.7 Å². The number of nitrogens with one attached hydrogen (secondary N) is 2. The van der Waals surface area contributed by atoms with Gasteiger partial charge in [0.05, 0.1) is 6.04 Å². The standard InChI is InChI=1S/C18H27N7O2/c1-11-8-14(20-15-9-12(2)22-23-15)21-16(19-11)24-7-6-13(10-24)25(17(26)27)18(3,4)5/h8-9,13H,6-7,10H2,1-5H3,(H,26,27)(H2,19,20,21,22,23)/t13-/m0/s1. The van der Waals surface area contributed by atoms with Gasteiger partial charge >= 0.3 is 6.09 Å². The zero-order valence-corrected chi connectivity index (χ0v) is 16.4. The van der Waals surface area contributed by atoms with Crippen molar-refractivity contribution in [1.82, 2.24) is 25.1 Å². The quantitative estimate of drug-likeness (QED) is 0.756. The molecule has 3 rings (SSSR count). The molecule has 1 aliphatic heterocycles. The molecule has 1 aliphatic rings. The maximum atomic E-state index is 11.7. The second kappa shape index (κ2) is 7.05. The summed E-state index contributed by atoms with van der Waals surface area (Å²) in [6.07, 6.45) is -0.141. The van der Waals surface area contributed by atoms with E-state index in [4.69, 9.17) is 0 Å². The summed E-state index contributed by atoms with van der Waals surface area (Å²) in [4.78, 5) is 24.5. The van der Waals surface area contributed by atoms with Crippen LogP contribution in [0.3, 0.4) is 0 Å². The smallest absolute Gasteiger partial charge is 0.408 e. The predicted octanol–water partition coefficient (Wildman–Crippen LogP) is 2.92. The van der Waals surface area contributed by atoms with E-state index in [1.165, 1.54) is 4.90 Å². The van der Waals surface area contributed by atoms with Gasteiger partial charge in [-0.3, -0.25) is 10.00 Å². The Morgan fingerprint density at radius 2 is 2.04 bits per heavy atom. The molecule has 0 radical (unpaired) electrons. The Morgan fingerprint density at radius 3 is 2.63 bits per heavy atom. The van der Waals surface area contributed by atoms with Crippen molar-refractivity contribution >= 4 is 23.7 Å². The van der Waals surface area contributed by atoms with Crippen molar-refractivity contribution in [3.8, 4) is 0 Å². The summed E-state index contributed by atoms with van der Waals surface area (Å²) in [7, 11) is 0. The number of carbonyl (C=O) groups is 1. The molecule has 2 aromatic rings. The normalized spacial score (nSPS) is 17.2. The van der Waals surface area contributed by atoms with Crippen LogP contribution in [-0.4, -0.2) is 60.9 Å². The Bertz CT molecular complexity index is 827. The monoisotopic (exact) mass is 373 g/mol. The van der Waals surface area contributed by atoms with Gasteiger partial charge in [-0.1, -0.05) is 0 Å². The number of hydrogen-bond donors (Lipinski definition) is 3. The number of anilines is 3. The van der Waals surface area contributed by atoms with Crippen LogP contribution in [0.25, 0.3) is 0 Å². The third-order valence-corrected chi connectivity index (χ3v) is 4.54. The van der Waals surface area contributed by atoms with Crippen molar-refractivity contribution in [3.63, 3.8) is 0 Å². The number of aryl methyl sites for hydroxylation is 2. The van der Waals surface area contributed by atoms with Gasteiger partial charge in [-0.05, 0) is 41.0 Å². The minimum Gasteiger partial charge on any atom is -0.465 e. The summed E-state index contributed by atoms with van der Waals surface area (Å²) < 4.78 is 0. The number of rotatable bonds is 4. The van der Waals surface area contributed by atoms with Crippen LogP contribution >= 0.6 is 0 Å². The van der Waals surface area contributed by atoms with E-state index in [0.29, 0.717) is 24.1 Å². The summed E-state index contributed by atoms with van der Waals surface area (Å²) >= 11 is 0. The molecule has 0 saturated carbocycles. The molecular formula is C18H27N7O2. The van der Waals surface area contributed by atoms with Gasteiger partial charge in [-0.15, -0.1) is 0 Å². The van der Waals surface area contributed by atoms with E-state index in [9.17, 15) is 9.90 Å². The van der Waals surface area contributed by atoms with Crippen LogP contribution in [0, 0.1) is 13.8 Å². The summed E-state index contributed by atoms with van der Waals surface area (Å²) in [5, 5.41) is 19.9. The molecule has 3 N–H and O–H groups in total. The third kappa shape index (κ3) is 4.29. The van der Waals surface area contributed by atoms with Crippen LogP contribution in [0.2, 0.25) is 0 Å². The Hall–Kier alpha value is -2.84. The molecule has 9 nitrogen and oxygen atoms in total. The highest BCUT2D eigenvalue weighted by Crippen LogP contribution is 2.27. The van der Waals surface area contributed by atoms with E-state index in [-0.39, 0.29) is 6.04 Å². The number of H-pyrrole nitrogens is 1. The molecule has 0 aliphatic carbocycles. The molecule has 3 heterocycles. The Labute approximate surface area is 158 Å². The number of hydrogen-bond acceptors (Lipinski definition) is 6. The van der Waals surface area contributed by atoms with E-state index in [1.54, 1.807) is 0 Å². The second-order valence-corrected chi connectivity index (χ2v) is 7.97. The first-order valence-electron chi connectivity index (χ1n) is 9.05. The fourth-order valence-corrected chi connectivity index (χ4v) is 3.50. The lowest BCUT2D eigenvalue weighted by molar-refractivity contribution is 0.0762. The summed E-state index contributed by atoms with van der Waals surface area (Å²) in [5.41, 5.74) is 1.34. The van der Waals surface area contributed by atoms with Crippen LogP contribution in [-0.2, 0) is 0 Å². The molecule has 1 atom stereocenters. The lowest BCUT2D eigenvalue weighted by atomic mass is 10.0. The van der Waals surface area contributed by atoms with E-state index in [2.05, 4.69) is 25.5 Å². The highest BCUT2D eigenvalue weighted by atomic mass is 16.4. The topological polar surface area (TPSA) is 110 Å². The van der Waals surface area contributed by atoms with Crippen molar-refractivity contribution in [2.24, 2.45) is 0 Å². The summed E-state index contributed by atoms with van der Waals surface area (Å²) in [6, 6.07) is 3.67. The minimum atomic E-state index is -0.893. The maximum absolute atomic E-state index is 11.7. The van der Waals surface area contributed by atoms with Gasteiger partial charge in [0.1, 0.15) is 5.82 Å². The Morgan fingerprint density at radius 1 is 1.30 bits per heavy atom. The van der Waals surface area contributed by atoms with E-state index in [0.717, 1.165) is 24.4 Å². The molecule has 1 amide bonds. The van der Waals surface area contributed by atoms with Crippen molar-refractivity contribution in [1.29, 1.82) is 0 Å². The number of aromatic nitrogens is 4. The molecule has 27 heavy (non-hydrogen) atoms. The van der Waals surface area contributed by atoms with Crippen molar-refractivity contribution in [2.45, 2.75) is 52.6 Å². The molecular weight excluding hydrogens is 346 g/mol. The maximum Gasteiger partial charge on any atom is 0.408 e. The van der Waals surface area contributed by atoms with Gasteiger partial charge in [0.2, 0.25) is 5.95 Å². The Balaban J connectivity index is 1.78. The minimum absolute atomic E-state index is 0.0861. The van der Waals surface area contributed by atoms with Crippen LogP contribution in [0.1, 0.15) is 38.6 Å². The summed E-state index contributed by atoms with van der Waals surface area (Å²) in [5.74, 6) is 1.96. The second-order valence-electron chi connectivity index (χ2n) is 7.97. The average molecular weight is 373 g/mol. The van der Waals surface area contributed by atoms with Crippen LogP contribution in [0.15, 0.2) is 12.1 Å². The van der Waals surface area contributed by atoms with Crippen molar-refractivity contribution in [2.75, 3.05) is 23.3 Å². The van der Waals surface area contributed by atoms with Crippen molar-refractivity contribution < 1.29 is 9.90 Å². The molecule has 146 valence electrons. The van der Waals surface area contributed by atoms with Crippen LogP contribution in [0.4, 0.5) is 22.4 Å². The van der Waals surface area contributed by atoms with Crippen LogP contribution < -0.4 is 10.2 Å². The first-order valence-corrected chi connectivity index (χ1v) is 9.05. The molecule has 2 aromatic heterocycles. The number of amides is 1. The van der Waals surface area contributed by atoms with Gasteiger partial charge in [0.15, 0.2) is 5.82 Å². The van der Waals surface area contributed by atoms with Gasteiger partial charge in [-0.25, -0.2) is 9.78 Å². The SMILES string of the molecule is Cc1cc(Nc2cc(C)[nH]n2)nc(N2CC[C@H](N(C(=O)O)C(C)(C)C)C2)n1. The average Bonchev–Trinajstić information content (AvgIpc) is 3.14. The zero-order chi connectivity index (χ0) is 19.8. The zero-order valence-electron chi connectivity index (χ0n) is 16.4. The largest absolute Gasteiger partial charge is 0.465 e. The highest BCUT2D eigenvalue weighted by molar-refractivity contribution is 5.67. The molecule has 1 fully saturated rings. The van der Waals surface area contributed by atoms with Gasteiger partial charge < -0.3 is 15.3 Å². The van der Waals surface area contributed by atoms with E-state index >= 15 is 0 Å². The lowest BCUT2D eigenvalue weighted by Gasteiger charge is -2.37.